The minimum absolute atomic E-state index is 0.572. The highest BCUT2D eigenvalue weighted by molar-refractivity contribution is 4.88. The van der Waals surface area contributed by atoms with E-state index in [-0.39, 0.29) is 0 Å². The van der Waals surface area contributed by atoms with Gasteiger partial charge in [0.1, 0.15) is 11.6 Å². The van der Waals surface area contributed by atoms with E-state index in [2.05, 4.69) is 19.9 Å². The van der Waals surface area contributed by atoms with E-state index in [1.165, 1.54) is 0 Å². The van der Waals surface area contributed by atoms with Crippen LogP contribution in [-0.4, -0.2) is 46.4 Å². The van der Waals surface area contributed by atoms with E-state index in [9.17, 15) is 0 Å². The second-order valence-electron chi connectivity index (χ2n) is 4.05. The first-order valence-corrected chi connectivity index (χ1v) is 6.62. The van der Waals surface area contributed by atoms with Gasteiger partial charge in [-0.05, 0) is 12.1 Å². The van der Waals surface area contributed by atoms with Gasteiger partial charge in [-0.25, -0.2) is 19.9 Å². The van der Waals surface area contributed by atoms with E-state index in [0.29, 0.717) is 26.4 Å². The van der Waals surface area contributed by atoms with E-state index in [1.54, 1.807) is 36.9 Å². The van der Waals surface area contributed by atoms with Crippen LogP contribution in [-0.2, 0) is 22.3 Å². The lowest BCUT2D eigenvalue weighted by atomic mass is 10.4. The molecule has 0 fully saturated rings. The van der Waals surface area contributed by atoms with Crippen LogP contribution in [0.3, 0.4) is 0 Å². The Hall–Kier alpha value is -1.92. The zero-order chi connectivity index (χ0) is 13.9. The van der Waals surface area contributed by atoms with Crippen LogP contribution in [0.5, 0.6) is 0 Å². The number of hydrogen-bond acceptors (Lipinski definition) is 6. The predicted molar refractivity (Wildman–Crippen MR) is 73.1 cm³/mol. The molecule has 0 radical (unpaired) electrons. The third-order valence-corrected chi connectivity index (χ3v) is 2.55. The highest BCUT2D eigenvalue weighted by Gasteiger charge is 1.97. The largest absolute Gasteiger partial charge is 0.379 e. The molecule has 0 unspecified atom stereocenters. The number of rotatable bonds is 9. The van der Waals surface area contributed by atoms with Crippen LogP contribution in [0.4, 0.5) is 0 Å². The summed E-state index contributed by atoms with van der Waals surface area (Å²) in [6.07, 6.45) is 8.37. The molecule has 6 heteroatoms. The first-order chi connectivity index (χ1) is 9.95. The molecule has 0 spiro atoms. The Morgan fingerprint density at radius 3 is 1.40 bits per heavy atom. The van der Waals surface area contributed by atoms with Gasteiger partial charge in [-0.15, -0.1) is 0 Å². The average molecular weight is 274 g/mol. The smallest absolute Gasteiger partial charge is 0.130 e. The Bertz CT molecular complexity index is 422. The summed E-state index contributed by atoms with van der Waals surface area (Å²) in [4.78, 5) is 16.5. The van der Waals surface area contributed by atoms with E-state index in [4.69, 9.17) is 9.47 Å². The molecule has 0 aliphatic heterocycles. The predicted octanol–water partition coefficient (Wildman–Crippen LogP) is 1.08. The van der Waals surface area contributed by atoms with Crippen molar-refractivity contribution in [3.8, 4) is 0 Å². The Morgan fingerprint density at radius 2 is 1.00 bits per heavy atom. The Kier molecular flexibility index (Phi) is 6.56. The summed E-state index contributed by atoms with van der Waals surface area (Å²) in [7, 11) is 0. The molecule has 0 aliphatic carbocycles. The van der Waals surface area contributed by atoms with Crippen molar-refractivity contribution in [2.24, 2.45) is 0 Å². The fraction of sp³-hybridized carbons (Fsp3) is 0.429. The summed E-state index contributed by atoms with van der Waals surface area (Å²) in [5.74, 6) is 1.60. The molecule has 2 aromatic heterocycles. The van der Waals surface area contributed by atoms with Crippen molar-refractivity contribution in [1.82, 2.24) is 19.9 Å². The molecule has 0 atom stereocenters. The summed E-state index contributed by atoms with van der Waals surface area (Å²) >= 11 is 0. The molecule has 0 amide bonds. The van der Waals surface area contributed by atoms with Gasteiger partial charge in [0.25, 0.3) is 0 Å². The Morgan fingerprint density at radius 1 is 0.600 bits per heavy atom. The maximum atomic E-state index is 5.45. The molecule has 2 rings (SSSR count). The Balaban J connectivity index is 1.44. The van der Waals surface area contributed by atoms with Gasteiger partial charge in [-0.3, -0.25) is 0 Å². The van der Waals surface area contributed by atoms with Crippen molar-refractivity contribution in [3.63, 3.8) is 0 Å². The monoisotopic (exact) mass is 274 g/mol. The number of aromatic nitrogens is 4. The van der Waals surface area contributed by atoms with Crippen LogP contribution in [0.25, 0.3) is 0 Å². The number of ether oxygens (including phenoxy) is 2. The lowest BCUT2D eigenvalue weighted by Gasteiger charge is -2.05. The van der Waals surface area contributed by atoms with Crippen LogP contribution < -0.4 is 0 Å². The molecule has 106 valence electrons. The van der Waals surface area contributed by atoms with Gasteiger partial charge in [0.2, 0.25) is 0 Å². The number of nitrogens with zero attached hydrogens (tertiary/aromatic N) is 4. The van der Waals surface area contributed by atoms with E-state index in [0.717, 1.165) is 24.5 Å². The van der Waals surface area contributed by atoms with Crippen molar-refractivity contribution >= 4 is 0 Å². The van der Waals surface area contributed by atoms with E-state index >= 15 is 0 Å². The van der Waals surface area contributed by atoms with Crippen LogP contribution in [0.1, 0.15) is 11.6 Å². The molecular weight excluding hydrogens is 256 g/mol. The lowest BCUT2D eigenvalue weighted by Crippen LogP contribution is -2.10. The third kappa shape index (κ3) is 5.81. The van der Waals surface area contributed by atoms with Crippen LogP contribution in [0.2, 0.25) is 0 Å². The van der Waals surface area contributed by atoms with Gasteiger partial charge in [0.15, 0.2) is 0 Å². The molecular formula is C14H18N4O2. The first kappa shape index (κ1) is 14.5. The fourth-order valence-corrected chi connectivity index (χ4v) is 1.57. The summed E-state index contributed by atoms with van der Waals surface area (Å²) in [5, 5.41) is 0. The van der Waals surface area contributed by atoms with Gasteiger partial charge < -0.3 is 9.47 Å². The summed E-state index contributed by atoms with van der Waals surface area (Å²) in [5.41, 5.74) is 0. The van der Waals surface area contributed by atoms with Crippen molar-refractivity contribution < 1.29 is 9.47 Å². The quantitative estimate of drug-likeness (QED) is 0.637. The minimum Gasteiger partial charge on any atom is -0.379 e. The van der Waals surface area contributed by atoms with Crippen molar-refractivity contribution in [3.05, 3.63) is 48.6 Å². The molecule has 0 aromatic carbocycles. The minimum atomic E-state index is 0.572. The zero-order valence-electron chi connectivity index (χ0n) is 11.3. The number of hydrogen-bond donors (Lipinski definition) is 0. The molecule has 0 saturated heterocycles. The van der Waals surface area contributed by atoms with Crippen LogP contribution in [0, 0.1) is 0 Å². The van der Waals surface area contributed by atoms with Gasteiger partial charge in [0, 0.05) is 37.6 Å². The van der Waals surface area contributed by atoms with Crippen molar-refractivity contribution in [2.45, 2.75) is 12.8 Å². The van der Waals surface area contributed by atoms with Crippen molar-refractivity contribution in [2.75, 3.05) is 26.4 Å². The normalized spacial score (nSPS) is 10.6. The molecule has 2 aromatic rings. The fourth-order valence-electron chi connectivity index (χ4n) is 1.57. The molecule has 6 nitrogen and oxygen atoms in total. The van der Waals surface area contributed by atoms with Crippen LogP contribution >= 0.6 is 0 Å². The zero-order valence-corrected chi connectivity index (χ0v) is 11.3. The maximum absolute atomic E-state index is 5.45. The van der Waals surface area contributed by atoms with Gasteiger partial charge in [-0.2, -0.15) is 0 Å². The lowest BCUT2D eigenvalue weighted by molar-refractivity contribution is 0.0492. The average Bonchev–Trinajstić information content (AvgIpc) is 2.52. The summed E-state index contributed by atoms with van der Waals surface area (Å²) in [6, 6.07) is 3.60. The van der Waals surface area contributed by atoms with Gasteiger partial charge >= 0.3 is 0 Å². The highest BCUT2D eigenvalue weighted by atomic mass is 16.5. The standard InChI is InChI=1S/C14H18N4O2/c1-5-15-13(16-6-1)3-9-19-11-12-20-10-4-14-17-7-2-8-18-14/h1-2,5-8H,3-4,9-12H2. The SMILES string of the molecule is c1cnc(CCOCCOCCc2ncccn2)nc1. The summed E-state index contributed by atoms with van der Waals surface area (Å²) in [6.45, 7) is 2.36. The second-order valence-corrected chi connectivity index (χ2v) is 4.05. The topological polar surface area (TPSA) is 70.0 Å². The molecule has 0 bridgehead atoms. The van der Waals surface area contributed by atoms with Crippen molar-refractivity contribution in [1.29, 1.82) is 0 Å². The van der Waals surface area contributed by atoms with Crippen LogP contribution in [0.15, 0.2) is 36.9 Å². The Labute approximate surface area is 118 Å². The molecule has 2 heterocycles. The molecule has 20 heavy (non-hydrogen) atoms. The molecule has 0 aliphatic rings. The van der Waals surface area contributed by atoms with E-state index < -0.39 is 0 Å². The van der Waals surface area contributed by atoms with E-state index in [1.807, 2.05) is 0 Å². The van der Waals surface area contributed by atoms with Gasteiger partial charge in [0.05, 0.1) is 26.4 Å². The highest BCUT2D eigenvalue weighted by Crippen LogP contribution is 1.92. The second kappa shape index (κ2) is 9.06. The first-order valence-electron chi connectivity index (χ1n) is 6.62. The third-order valence-electron chi connectivity index (χ3n) is 2.55. The maximum Gasteiger partial charge on any atom is 0.130 e. The molecule has 0 N–H and O–H groups in total. The summed E-state index contributed by atoms with van der Waals surface area (Å²) < 4.78 is 10.9. The molecule has 0 saturated carbocycles. The van der Waals surface area contributed by atoms with Gasteiger partial charge in [-0.1, -0.05) is 0 Å².